The molecule has 1 aliphatic rings. The van der Waals surface area contributed by atoms with Gasteiger partial charge in [0, 0.05) is 24.8 Å². The van der Waals surface area contributed by atoms with E-state index in [1.807, 2.05) is 7.05 Å². The fourth-order valence-corrected chi connectivity index (χ4v) is 3.71. The van der Waals surface area contributed by atoms with E-state index in [-0.39, 0.29) is 6.10 Å². The standard InChI is InChI=1S/C22H26N4O/c1-16-7-3-5-9-19(16)21-15-26(11-12-27-21)22(23-2)24-14-18-13-17-8-4-6-10-20(17)25-18/h3-10,13,21,25H,11-12,14-15H2,1-2H3,(H,23,24). The number of nitrogens with one attached hydrogen (secondary N) is 2. The number of para-hydroxylation sites is 1. The summed E-state index contributed by atoms with van der Waals surface area (Å²) >= 11 is 0. The summed E-state index contributed by atoms with van der Waals surface area (Å²) in [5.74, 6) is 0.913. The van der Waals surface area contributed by atoms with Gasteiger partial charge in [0.2, 0.25) is 0 Å². The number of rotatable bonds is 3. The molecule has 1 fully saturated rings. The van der Waals surface area contributed by atoms with E-state index in [9.17, 15) is 0 Å². The molecule has 3 aromatic rings. The van der Waals surface area contributed by atoms with Crippen molar-refractivity contribution in [3.05, 3.63) is 71.4 Å². The van der Waals surface area contributed by atoms with Crippen molar-refractivity contribution in [1.82, 2.24) is 15.2 Å². The van der Waals surface area contributed by atoms with Gasteiger partial charge in [-0.3, -0.25) is 4.99 Å². The summed E-state index contributed by atoms with van der Waals surface area (Å²) in [5.41, 5.74) is 4.84. The summed E-state index contributed by atoms with van der Waals surface area (Å²) in [7, 11) is 1.84. The Kier molecular flexibility index (Phi) is 5.12. The highest BCUT2D eigenvalue weighted by atomic mass is 16.5. The van der Waals surface area contributed by atoms with Crippen LogP contribution in [0.4, 0.5) is 0 Å². The molecule has 0 saturated carbocycles. The van der Waals surface area contributed by atoms with E-state index in [0.717, 1.165) is 30.3 Å². The molecule has 1 unspecified atom stereocenters. The molecule has 2 aromatic carbocycles. The van der Waals surface area contributed by atoms with E-state index in [2.05, 4.69) is 81.7 Å². The average molecular weight is 362 g/mol. The number of hydrogen-bond donors (Lipinski definition) is 2. The number of fused-ring (bicyclic) bond motifs is 1. The molecule has 5 nitrogen and oxygen atoms in total. The van der Waals surface area contributed by atoms with Gasteiger partial charge in [0.05, 0.1) is 19.7 Å². The summed E-state index contributed by atoms with van der Waals surface area (Å²) in [6, 6.07) is 19.0. The second-order valence-corrected chi connectivity index (χ2v) is 6.94. The predicted molar refractivity (Wildman–Crippen MR) is 110 cm³/mol. The van der Waals surface area contributed by atoms with Crippen LogP contribution in [0.2, 0.25) is 0 Å². The Balaban J connectivity index is 1.43. The minimum absolute atomic E-state index is 0.0755. The molecule has 0 radical (unpaired) electrons. The van der Waals surface area contributed by atoms with Gasteiger partial charge in [0.25, 0.3) is 0 Å². The first-order chi connectivity index (χ1) is 13.2. The van der Waals surface area contributed by atoms with Crippen molar-refractivity contribution in [2.45, 2.75) is 19.6 Å². The molecular formula is C22H26N4O. The summed E-state index contributed by atoms with van der Waals surface area (Å²) in [4.78, 5) is 10.2. The van der Waals surface area contributed by atoms with Gasteiger partial charge in [-0.1, -0.05) is 42.5 Å². The smallest absolute Gasteiger partial charge is 0.194 e. The molecule has 0 aliphatic carbocycles. The van der Waals surface area contributed by atoms with Crippen molar-refractivity contribution in [1.29, 1.82) is 0 Å². The summed E-state index contributed by atoms with van der Waals surface area (Å²) in [6.07, 6.45) is 0.0755. The lowest BCUT2D eigenvalue weighted by Crippen LogP contribution is -2.48. The Morgan fingerprint density at radius 2 is 2.04 bits per heavy atom. The topological polar surface area (TPSA) is 52.7 Å². The van der Waals surface area contributed by atoms with Crippen molar-refractivity contribution >= 4 is 16.9 Å². The summed E-state index contributed by atoms with van der Waals surface area (Å²) < 4.78 is 6.04. The second kappa shape index (κ2) is 7.84. The third kappa shape index (κ3) is 3.83. The SMILES string of the molecule is CN=C(NCc1cc2ccccc2[nH]1)N1CCOC(c2ccccc2C)C1. The minimum atomic E-state index is 0.0755. The Morgan fingerprint density at radius 1 is 1.22 bits per heavy atom. The van der Waals surface area contributed by atoms with Crippen LogP contribution in [0.3, 0.4) is 0 Å². The number of morpholine rings is 1. The highest BCUT2D eigenvalue weighted by molar-refractivity contribution is 5.82. The van der Waals surface area contributed by atoms with E-state index >= 15 is 0 Å². The zero-order valence-electron chi connectivity index (χ0n) is 15.9. The summed E-state index contributed by atoms with van der Waals surface area (Å²) in [6.45, 7) is 5.20. The van der Waals surface area contributed by atoms with Gasteiger partial charge in [-0.05, 0) is 35.6 Å². The number of ether oxygens (including phenoxy) is 1. The normalized spacial score (nSPS) is 18.1. The maximum atomic E-state index is 6.04. The summed E-state index contributed by atoms with van der Waals surface area (Å²) in [5, 5.41) is 4.72. The lowest BCUT2D eigenvalue weighted by atomic mass is 10.0. The van der Waals surface area contributed by atoms with E-state index in [1.54, 1.807) is 0 Å². The highest BCUT2D eigenvalue weighted by Crippen LogP contribution is 2.25. The van der Waals surface area contributed by atoms with Crippen LogP contribution in [0.15, 0.2) is 59.6 Å². The number of benzene rings is 2. The molecule has 27 heavy (non-hydrogen) atoms. The number of aromatic nitrogens is 1. The molecule has 5 heteroatoms. The third-order valence-electron chi connectivity index (χ3n) is 5.14. The van der Waals surface area contributed by atoms with Crippen LogP contribution in [0.25, 0.3) is 10.9 Å². The Morgan fingerprint density at radius 3 is 2.85 bits per heavy atom. The van der Waals surface area contributed by atoms with Gasteiger partial charge in [-0.15, -0.1) is 0 Å². The number of H-pyrrole nitrogens is 1. The lowest BCUT2D eigenvalue weighted by Gasteiger charge is -2.35. The van der Waals surface area contributed by atoms with Gasteiger partial charge in [0.1, 0.15) is 6.10 Å². The first kappa shape index (κ1) is 17.6. The van der Waals surface area contributed by atoms with Crippen LogP contribution in [0, 0.1) is 6.92 Å². The molecule has 0 bridgehead atoms. The van der Waals surface area contributed by atoms with Crippen LogP contribution < -0.4 is 5.32 Å². The van der Waals surface area contributed by atoms with Crippen molar-refractivity contribution in [3.63, 3.8) is 0 Å². The van der Waals surface area contributed by atoms with Crippen LogP contribution in [-0.2, 0) is 11.3 Å². The van der Waals surface area contributed by atoms with Gasteiger partial charge in [-0.2, -0.15) is 0 Å². The number of nitrogens with zero attached hydrogens (tertiary/aromatic N) is 2. The largest absolute Gasteiger partial charge is 0.370 e. The number of hydrogen-bond acceptors (Lipinski definition) is 2. The van der Waals surface area contributed by atoms with Gasteiger partial charge < -0.3 is 19.9 Å². The zero-order valence-corrected chi connectivity index (χ0v) is 15.9. The Bertz CT molecular complexity index is 913. The quantitative estimate of drug-likeness (QED) is 0.553. The molecular weight excluding hydrogens is 336 g/mol. The van der Waals surface area contributed by atoms with Crippen LogP contribution in [0.1, 0.15) is 22.9 Å². The van der Waals surface area contributed by atoms with Crippen molar-refractivity contribution < 1.29 is 4.74 Å². The van der Waals surface area contributed by atoms with Crippen molar-refractivity contribution in [2.75, 3.05) is 26.7 Å². The molecule has 1 aromatic heterocycles. The Hall–Kier alpha value is -2.79. The van der Waals surface area contributed by atoms with E-state index in [0.29, 0.717) is 13.2 Å². The minimum Gasteiger partial charge on any atom is -0.370 e. The molecule has 2 N–H and O–H groups in total. The second-order valence-electron chi connectivity index (χ2n) is 6.94. The third-order valence-corrected chi connectivity index (χ3v) is 5.14. The van der Waals surface area contributed by atoms with Gasteiger partial charge >= 0.3 is 0 Å². The lowest BCUT2D eigenvalue weighted by molar-refractivity contribution is -0.00834. The first-order valence-electron chi connectivity index (χ1n) is 9.44. The number of aryl methyl sites for hydroxylation is 1. The van der Waals surface area contributed by atoms with Gasteiger partial charge in [-0.25, -0.2) is 0 Å². The predicted octanol–water partition coefficient (Wildman–Crippen LogP) is 3.63. The molecule has 0 spiro atoms. The Labute approximate surface area is 160 Å². The first-order valence-corrected chi connectivity index (χ1v) is 9.44. The van der Waals surface area contributed by atoms with Crippen LogP contribution in [-0.4, -0.2) is 42.6 Å². The molecule has 1 saturated heterocycles. The molecule has 1 aliphatic heterocycles. The maximum absolute atomic E-state index is 6.04. The van der Waals surface area contributed by atoms with Crippen LogP contribution in [0.5, 0.6) is 0 Å². The van der Waals surface area contributed by atoms with Crippen molar-refractivity contribution in [2.24, 2.45) is 4.99 Å². The molecule has 1 atom stereocenters. The molecule has 2 heterocycles. The number of guanidine groups is 1. The number of aliphatic imine (C=N–C) groups is 1. The van der Waals surface area contributed by atoms with E-state index in [4.69, 9.17) is 4.74 Å². The molecule has 140 valence electrons. The van der Waals surface area contributed by atoms with E-state index < -0.39 is 0 Å². The highest BCUT2D eigenvalue weighted by Gasteiger charge is 2.25. The van der Waals surface area contributed by atoms with Crippen molar-refractivity contribution in [3.8, 4) is 0 Å². The monoisotopic (exact) mass is 362 g/mol. The zero-order chi connectivity index (χ0) is 18.6. The van der Waals surface area contributed by atoms with Crippen LogP contribution >= 0.6 is 0 Å². The molecule has 0 amide bonds. The average Bonchev–Trinajstić information content (AvgIpc) is 3.12. The number of aromatic amines is 1. The van der Waals surface area contributed by atoms with E-state index in [1.165, 1.54) is 16.5 Å². The maximum Gasteiger partial charge on any atom is 0.194 e. The molecule has 4 rings (SSSR count). The fraction of sp³-hybridized carbons (Fsp3) is 0.318. The van der Waals surface area contributed by atoms with Gasteiger partial charge in [0.15, 0.2) is 5.96 Å². The fourth-order valence-electron chi connectivity index (χ4n) is 3.71.